The Morgan fingerprint density at radius 1 is 1.00 bits per heavy atom. The zero-order chi connectivity index (χ0) is 19.2. The molecule has 3 rings (SSSR count). The molecule has 0 fully saturated rings. The summed E-state index contributed by atoms with van der Waals surface area (Å²) in [4.78, 5) is 23.2. The van der Waals surface area contributed by atoms with Crippen LogP contribution in [0.3, 0.4) is 0 Å². The Hall–Kier alpha value is -3.54. The van der Waals surface area contributed by atoms with Crippen molar-refractivity contribution in [1.82, 2.24) is 5.32 Å². The van der Waals surface area contributed by atoms with E-state index in [9.17, 15) is 9.59 Å². The van der Waals surface area contributed by atoms with Crippen LogP contribution in [0.1, 0.15) is 12.5 Å². The molecule has 0 bridgehead atoms. The highest BCUT2D eigenvalue weighted by molar-refractivity contribution is 5.95. The fourth-order valence-corrected chi connectivity index (χ4v) is 2.68. The van der Waals surface area contributed by atoms with Gasteiger partial charge in [0.2, 0.25) is 0 Å². The van der Waals surface area contributed by atoms with E-state index in [1.165, 1.54) is 0 Å². The van der Waals surface area contributed by atoms with Gasteiger partial charge in [0.15, 0.2) is 6.10 Å². The first-order chi connectivity index (χ1) is 13.0. The van der Waals surface area contributed by atoms with Gasteiger partial charge in [0.1, 0.15) is 5.75 Å². The second kappa shape index (κ2) is 8.23. The van der Waals surface area contributed by atoms with Crippen LogP contribution < -0.4 is 21.1 Å². The summed E-state index contributed by atoms with van der Waals surface area (Å²) in [6.07, 6.45) is -0.660. The maximum atomic E-state index is 12.4. The highest BCUT2D eigenvalue weighted by atomic mass is 16.5. The molecule has 0 aliphatic rings. The first kappa shape index (κ1) is 18.3. The maximum Gasteiger partial charge on any atom is 0.312 e. The van der Waals surface area contributed by atoms with Crippen LogP contribution in [0.4, 0.5) is 10.5 Å². The van der Waals surface area contributed by atoms with E-state index in [0.717, 1.165) is 16.3 Å². The lowest BCUT2D eigenvalue weighted by Gasteiger charge is -2.16. The number of ether oxygens (including phenoxy) is 1. The third-order valence-corrected chi connectivity index (χ3v) is 4.11. The molecule has 6 heteroatoms. The standard InChI is InChI=1S/C21H21N3O3/c1-14(27-19-8-4-6-16-5-2-3-7-18(16)19)20(25)24-17-11-9-15(10-12-17)13-23-21(22)26/h2-12,14H,13H2,1H3,(H,24,25)(H3,22,23,26). The Morgan fingerprint density at radius 2 is 1.70 bits per heavy atom. The number of primary amides is 1. The SMILES string of the molecule is CC(Oc1cccc2ccccc12)C(=O)Nc1ccc(CNC(N)=O)cc1. The van der Waals surface area contributed by atoms with E-state index in [-0.39, 0.29) is 5.91 Å². The number of hydrogen-bond donors (Lipinski definition) is 3. The molecule has 4 N–H and O–H groups in total. The molecule has 3 aromatic rings. The quantitative estimate of drug-likeness (QED) is 0.626. The Morgan fingerprint density at radius 3 is 2.44 bits per heavy atom. The van der Waals surface area contributed by atoms with E-state index in [1.54, 1.807) is 19.1 Å². The number of anilines is 1. The number of amides is 3. The van der Waals surface area contributed by atoms with Crippen LogP contribution in [0.25, 0.3) is 10.8 Å². The molecule has 3 amide bonds. The monoisotopic (exact) mass is 363 g/mol. The van der Waals surface area contributed by atoms with Crippen LogP contribution in [0.5, 0.6) is 5.75 Å². The molecule has 0 aromatic heterocycles. The summed E-state index contributed by atoms with van der Waals surface area (Å²) in [5.74, 6) is 0.426. The lowest BCUT2D eigenvalue weighted by Crippen LogP contribution is -2.30. The number of carbonyl (C=O) groups is 2. The zero-order valence-corrected chi connectivity index (χ0v) is 14.9. The number of carbonyl (C=O) groups excluding carboxylic acids is 2. The van der Waals surface area contributed by atoms with Crippen LogP contribution in [-0.2, 0) is 11.3 Å². The van der Waals surface area contributed by atoms with Crippen LogP contribution >= 0.6 is 0 Å². The van der Waals surface area contributed by atoms with Crippen molar-refractivity contribution in [3.8, 4) is 5.75 Å². The summed E-state index contributed by atoms with van der Waals surface area (Å²) in [5.41, 5.74) is 6.58. The van der Waals surface area contributed by atoms with E-state index in [0.29, 0.717) is 18.0 Å². The summed E-state index contributed by atoms with van der Waals surface area (Å²) >= 11 is 0. The summed E-state index contributed by atoms with van der Waals surface area (Å²) in [6, 6.07) is 20.2. The fraction of sp³-hybridized carbons (Fsp3) is 0.143. The first-order valence-electron chi connectivity index (χ1n) is 8.60. The molecule has 0 spiro atoms. The second-order valence-electron chi connectivity index (χ2n) is 6.14. The van der Waals surface area contributed by atoms with Gasteiger partial charge in [-0.15, -0.1) is 0 Å². The summed E-state index contributed by atoms with van der Waals surface area (Å²) in [7, 11) is 0. The van der Waals surface area contributed by atoms with E-state index in [4.69, 9.17) is 10.5 Å². The fourth-order valence-electron chi connectivity index (χ4n) is 2.68. The largest absolute Gasteiger partial charge is 0.480 e. The number of urea groups is 1. The van der Waals surface area contributed by atoms with E-state index in [1.807, 2.05) is 54.6 Å². The van der Waals surface area contributed by atoms with Crippen molar-refractivity contribution in [2.75, 3.05) is 5.32 Å². The molecule has 0 radical (unpaired) electrons. The molecule has 1 atom stereocenters. The zero-order valence-electron chi connectivity index (χ0n) is 14.9. The predicted molar refractivity (Wildman–Crippen MR) is 106 cm³/mol. The van der Waals surface area contributed by atoms with E-state index in [2.05, 4.69) is 10.6 Å². The Bertz CT molecular complexity index is 949. The Labute approximate surface area is 157 Å². The molecule has 0 saturated carbocycles. The van der Waals surface area contributed by atoms with Gasteiger partial charge >= 0.3 is 6.03 Å². The maximum absolute atomic E-state index is 12.4. The van der Waals surface area contributed by atoms with Gasteiger partial charge in [-0.3, -0.25) is 4.79 Å². The van der Waals surface area contributed by atoms with Gasteiger partial charge < -0.3 is 21.1 Å². The minimum atomic E-state index is -0.660. The van der Waals surface area contributed by atoms with Gasteiger partial charge in [-0.1, -0.05) is 48.5 Å². The van der Waals surface area contributed by atoms with Gasteiger partial charge in [-0.2, -0.15) is 0 Å². The summed E-state index contributed by atoms with van der Waals surface area (Å²) in [5, 5.41) is 7.36. The third kappa shape index (κ3) is 4.76. The van der Waals surface area contributed by atoms with E-state index < -0.39 is 12.1 Å². The average molecular weight is 363 g/mol. The van der Waals surface area contributed by atoms with Gasteiger partial charge in [-0.05, 0) is 36.1 Å². The number of rotatable bonds is 6. The third-order valence-electron chi connectivity index (χ3n) is 4.11. The molecule has 3 aromatic carbocycles. The number of hydrogen-bond acceptors (Lipinski definition) is 3. The molecule has 138 valence electrons. The van der Waals surface area contributed by atoms with E-state index >= 15 is 0 Å². The second-order valence-corrected chi connectivity index (χ2v) is 6.14. The number of benzene rings is 3. The minimum absolute atomic E-state index is 0.244. The van der Waals surface area contributed by atoms with Crippen molar-refractivity contribution in [2.24, 2.45) is 5.73 Å². The summed E-state index contributed by atoms with van der Waals surface area (Å²) in [6.45, 7) is 2.05. The molecule has 0 aliphatic heterocycles. The molecule has 1 unspecified atom stereocenters. The lowest BCUT2D eigenvalue weighted by atomic mass is 10.1. The Kier molecular flexibility index (Phi) is 5.56. The van der Waals surface area contributed by atoms with Gasteiger partial charge in [0.25, 0.3) is 5.91 Å². The molecule has 27 heavy (non-hydrogen) atoms. The van der Waals surface area contributed by atoms with Gasteiger partial charge in [0.05, 0.1) is 0 Å². The Balaban J connectivity index is 1.63. The van der Waals surface area contributed by atoms with Crippen molar-refractivity contribution in [3.63, 3.8) is 0 Å². The lowest BCUT2D eigenvalue weighted by molar-refractivity contribution is -0.122. The van der Waals surface area contributed by atoms with Crippen molar-refractivity contribution in [1.29, 1.82) is 0 Å². The predicted octanol–water partition coefficient (Wildman–Crippen LogP) is 3.41. The van der Waals surface area contributed by atoms with Gasteiger partial charge in [-0.25, -0.2) is 4.79 Å². The van der Waals surface area contributed by atoms with Crippen LogP contribution in [-0.4, -0.2) is 18.0 Å². The van der Waals surface area contributed by atoms with Crippen LogP contribution in [0.15, 0.2) is 66.7 Å². The topological polar surface area (TPSA) is 93.4 Å². The normalized spacial score (nSPS) is 11.6. The highest BCUT2D eigenvalue weighted by Crippen LogP contribution is 2.26. The first-order valence-corrected chi connectivity index (χ1v) is 8.60. The molecule has 6 nitrogen and oxygen atoms in total. The number of fused-ring (bicyclic) bond motifs is 1. The highest BCUT2D eigenvalue weighted by Gasteiger charge is 2.16. The molecule has 0 aliphatic carbocycles. The molecular weight excluding hydrogens is 342 g/mol. The summed E-state index contributed by atoms with van der Waals surface area (Å²) < 4.78 is 5.88. The molecular formula is C21H21N3O3. The van der Waals surface area contributed by atoms with Crippen molar-refractivity contribution in [3.05, 3.63) is 72.3 Å². The van der Waals surface area contributed by atoms with Gasteiger partial charge in [0, 0.05) is 17.6 Å². The van der Waals surface area contributed by atoms with Crippen LogP contribution in [0.2, 0.25) is 0 Å². The average Bonchev–Trinajstić information content (AvgIpc) is 2.67. The number of nitrogens with two attached hydrogens (primary N) is 1. The number of nitrogens with one attached hydrogen (secondary N) is 2. The smallest absolute Gasteiger partial charge is 0.312 e. The van der Waals surface area contributed by atoms with Crippen molar-refractivity contribution >= 4 is 28.4 Å². The van der Waals surface area contributed by atoms with Crippen LogP contribution in [0, 0.1) is 0 Å². The minimum Gasteiger partial charge on any atom is -0.480 e. The van der Waals surface area contributed by atoms with Crippen molar-refractivity contribution in [2.45, 2.75) is 19.6 Å². The molecule has 0 heterocycles. The van der Waals surface area contributed by atoms with Crippen molar-refractivity contribution < 1.29 is 14.3 Å². The molecule has 0 saturated heterocycles.